The van der Waals surface area contributed by atoms with Gasteiger partial charge < -0.3 is 24.4 Å². The van der Waals surface area contributed by atoms with E-state index >= 15 is 0 Å². The molecule has 196 valence electrons. The van der Waals surface area contributed by atoms with Crippen molar-refractivity contribution in [1.82, 2.24) is 40.0 Å². The zero-order chi connectivity index (χ0) is 26.0. The van der Waals surface area contributed by atoms with Crippen molar-refractivity contribution < 1.29 is 37.2 Å². The Kier molecular flexibility index (Phi) is 7.23. The first-order valence-corrected chi connectivity index (χ1v) is 11.4. The Morgan fingerprint density at radius 3 is 2.42 bits per heavy atom. The van der Waals surface area contributed by atoms with Gasteiger partial charge in [-0.15, -0.1) is 10.2 Å². The van der Waals surface area contributed by atoms with E-state index in [2.05, 4.69) is 30.6 Å². The van der Waals surface area contributed by atoms with Crippen LogP contribution in [0.4, 0.5) is 13.2 Å². The van der Waals surface area contributed by atoms with Crippen LogP contribution in [-0.4, -0.2) is 96.0 Å². The van der Waals surface area contributed by atoms with Gasteiger partial charge in [-0.1, -0.05) is 5.16 Å². The average Bonchev–Trinajstić information content (AvgIpc) is 3.41. The molecule has 2 aromatic rings. The van der Waals surface area contributed by atoms with Crippen LogP contribution >= 0.6 is 0 Å². The Hall–Kier alpha value is -3.56. The SMILES string of the molecule is Cc1noc(CC(=O)N2CCN3CCn4c(C(=O)NC5CCC5)nnc4C3C2)n1.O=C(O)C(F)(F)F. The normalized spacial score (nSPS) is 19.9. The minimum atomic E-state index is -5.08. The Balaban J connectivity index is 0.000000384. The summed E-state index contributed by atoms with van der Waals surface area (Å²) in [6.07, 6.45) is -1.78. The van der Waals surface area contributed by atoms with E-state index in [1.807, 2.05) is 4.57 Å². The van der Waals surface area contributed by atoms with Gasteiger partial charge in [0.1, 0.15) is 6.42 Å². The highest BCUT2D eigenvalue weighted by atomic mass is 19.4. The van der Waals surface area contributed by atoms with E-state index in [1.165, 1.54) is 0 Å². The van der Waals surface area contributed by atoms with Crippen LogP contribution in [0, 0.1) is 6.92 Å². The molecular weight excluding hydrogens is 489 g/mol. The lowest BCUT2D eigenvalue weighted by Crippen LogP contribution is -2.54. The molecule has 0 aromatic carbocycles. The average molecular weight is 514 g/mol. The minimum Gasteiger partial charge on any atom is -0.475 e. The number of nitrogens with zero attached hydrogens (tertiary/aromatic N) is 7. The summed E-state index contributed by atoms with van der Waals surface area (Å²) in [5.74, 6) is -0.988. The molecule has 3 aliphatic rings. The quantitative estimate of drug-likeness (QED) is 0.582. The van der Waals surface area contributed by atoms with Gasteiger partial charge in [0.2, 0.25) is 17.6 Å². The lowest BCUT2D eigenvalue weighted by atomic mass is 9.93. The van der Waals surface area contributed by atoms with Crippen LogP contribution in [0.1, 0.15) is 53.5 Å². The number of carboxylic acid groups (broad SMARTS) is 1. The zero-order valence-corrected chi connectivity index (χ0v) is 19.4. The number of rotatable bonds is 4. The third-order valence-corrected chi connectivity index (χ3v) is 6.29. The van der Waals surface area contributed by atoms with Gasteiger partial charge in [0, 0.05) is 38.8 Å². The van der Waals surface area contributed by atoms with Crippen LogP contribution < -0.4 is 5.32 Å². The fourth-order valence-corrected chi connectivity index (χ4v) is 4.19. The Morgan fingerprint density at radius 1 is 1.14 bits per heavy atom. The van der Waals surface area contributed by atoms with Crippen LogP contribution in [0.25, 0.3) is 0 Å². The second kappa shape index (κ2) is 10.2. The molecule has 1 saturated carbocycles. The smallest absolute Gasteiger partial charge is 0.475 e. The van der Waals surface area contributed by atoms with E-state index < -0.39 is 12.1 Å². The van der Waals surface area contributed by atoms with Crippen LogP contribution in [0.3, 0.4) is 0 Å². The highest BCUT2D eigenvalue weighted by Gasteiger charge is 2.39. The van der Waals surface area contributed by atoms with Crippen molar-refractivity contribution in [3.8, 4) is 0 Å². The maximum Gasteiger partial charge on any atom is 0.490 e. The summed E-state index contributed by atoms with van der Waals surface area (Å²) in [5, 5.41) is 22.4. The number of aliphatic carboxylic acids is 1. The summed E-state index contributed by atoms with van der Waals surface area (Å²) in [6.45, 7) is 5.13. The molecule has 0 radical (unpaired) electrons. The Labute approximate surface area is 202 Å². The largest absolute Gasteiger partial charge is 0.490 e. The summed E-state index contributed by atoms with van der Waals surface area (Å²) < 4.78 is 38.7. The highest BCUT2D eigenvalue weighted by molar-refractivity contribution is 5.91. The molecule has 2 fully saturated rings. The molecular formula is C20H25F3N8O5. The maximum absolute atomic E-state index is 12.7. The molecule has 2 N–H and O–H groups in total. The van der Waals surface area contributed by atoms with Gasteiger partial charge in [0.25, 0.3) is 5.91 Å². The highest BCUT2D eigenvalue weighted by Crippen LogP contribution is 2.29. The van der Waals surface area contributed by atoms with E-state index in [-0.39, 0.29) is 30.3 Å². The van der Waals surface area contributed by atoms with Crippen LogP contribution in [0.15, 0.2) is 4.52 Å². The number of carboxylic acids is 1. The van der Waals surface area contributed by atoms with Crippen molar-refractivity contribution in [3.05, 3.63) is 23.4 Å². The minimum absolute atomic E-state index is 0.0483. The van der Waals surface area contributed by atoms with E-state index in [9.17, 15) is 22.8 Å². The lowest BCUT2D eigenvalue weighted by Gasteiger charge is -2.43. The molecule has 1 unspecified atom stereocenters. The fraction of sp³-hybridized carbons (Fsp3) is 0.650. The van der Waals surface area contributed by atoms with E-state index in [0.717, 1.165) is 38.2 Å². The van der Waals surface area contributed by atoms with Crippen LogP contribution in [-0.2, 0) is 22.6 Å². The number of piperazine rings is 1. The third kappa shape index (κ3) is 5.63. The number of amides is 2. The third-order valence-electron chi connectivity index (χ3n) is 6.29. The molecule has 1 aliphatic carbocycles. The lowest BCUT2D eigenvalue weighted by molar-refractivity contribution is -0.192. The van der Waals surface area contributed by atoms with E-state index in [4.69, 9.17) is 14.4 Å². The van der Waals surface area contributed by atoms with Crippen molar-refractivity contribution in [2.24, 2.45) is 0 Å². The second-order valence-corrected chi connectivity index (χ2v) is 8.74. The van der Waals surface area contributed by atoms with Gasteiger partial charge in [-0.2, -0.15) is 18.2 Å². The number of aryl methyl sites for hydroxylation is 1. The fourth-order valence-electron chi connectivity index (χ4n) is 4.19. The van der Waals surface area contributed by atoms with Gasteiger partial charge >= 0.3 is 12.1 Å². The number of halogens is 3. The summed E-state index contributed by atoms with van der Waals surface area (Å²) in [7, 11) is 0. The number of carbonyl (C=O) groups is 3. The van der Waals surface area contributed by atoms with Gasteiger partial charge in [-0.25, -0.2) is 4.79 Å². The molecule has 2 aromatic heterocycles. The molecule has 1 atom stereocenters. The topological polar surface area (TPSA) is 160 Å². The molecule has 5 rings (SSSR count). The van der Waals surface area contributed by atoms with Crippen LogP contribution in [0.5, 0.6) is 0 Å². The van der Waals surface area contributed by atoms with Crippen molar-refractivity contribution >= 4 is 17.8 Å². The molecule has 13 nitrogen and oxygen atoms in total. The summed E-state index contributed by atoms with van der Waals surface area (Å²) in [6, 6.07) is 0.190. The monoisotopic (exact) mass is 514 g/mol. The first-order chi connectivity index (χ1) is 17.0. The zero-order valence-electron chi connectivity index (χ0n) is 19.4. The summed E-state index contributed by atoms with van der Waals surface area (Å²) in [5.41, 5.74) is 0. The molecule has 2 amide bonds. The number of nitrogens with one attached hydrogen (secondary N) is 1. The Morgan fingerprint density at radius 2 is 1.83 bits per heavy atom. The van der Waals surface area contributed by atoms with Gasteiger partial charge in [-0.05, 0) is 26.2 Å². The molecule has 4 heterocycles. The first-order valence-electron chi connectivity index (χ1n) is 11.4. The predicted molar refractivity (Wildman–Crippen MR) is 112 cm³/mol. The van der Waals surface area contributed by atoms with Crippen molar-refractivity contribution in [2.75, 3.05) is 26.2 Å². The summed E-state index contributed by atoms with van der Waals surface area (Å²) in [4.78, 5) is 42.4. The first kappa shape index (κ1) is 25.5. The van der Waals surface area contributed by atoms with Crippen molar-refractivity contribution in [3.63, 3.8) is 0 Å². The number of alkyl halides is 3. The van der Waals surface area contributed by atoms with Crippen molar-refractivity contribution in [2.45, 2.75) is 57.4 Å². The second-order valence-electron chi connectivity index (χ2n) is 8.74. The standard InChI is InChI=1S/C18H24N8O3.C2HF3O2/c1-11-19-14(29-23-11)9-15(27)25-6-5-24-7-8-26-16(13(24)10-25)21-22-17(26)18(28)20-12-3-2-4-12;3-2(4,5)1(6)7/h12-13H,2-10H2,1H3,(H,20,28);(H,6,7). The van der Waals surface area contributed by atoms with E-state index in [0.29, 0.717) is 37.2 Å². The number of carbonyl (C=O) groups excluding carboxylic acids is 2. The number of fused-ring (bicyclic) bond motifs is 3. The number of hydrogen-bond donors (Lipinski definition) is 2. The molecule has 16 heteroatoms. The van der Waals surface area contributed by atoms with Crippen molar-refractivity contribution in [1.29, 1.82) is 0 Å². The predicted octanol–water partition coefficient (Wildman–Crippen LogP) is 0.327. The van der Waals surface area contributed by atoms with Crippen LogP contribution in [0.2, 0.25) is 0 Å². The summed E-state index contributed by atoms with van der Waals surface area (Å²) >= 11 is 0. The number of aromatic nitrogens is 5. The maximum atomic E-state index is 12.7. The Bertz CT molecular complexity index is 1130. The molecule has 1 saturated heterocycles. The van der Waals surface area contributed by atoms with Gasteiger partial charge in [-0.3, -0.25) is 14.5 Å². The molecule has 36 heavy (non-hydrogen) atoms. The molecule has 0 bridgehead atoms. The van der Waals surface area contributed by atoms with Gasteiger partial charge in [0.05, 0.1) is 6.04 Å². The molecule has 0 spiro atoms. The number of hydrogen-bond acceptors (Lipinski definition) is 9. The van der Waals surface area contributed by atoms with E-state index in [1.54, 1.807) is 11.8 Å². The van der Waals surface area contributed by atoms with Gasteiger partial charge in [0.15, 0.2) is 11.6 Å². The molecule has 2 aliphatic heterocycles.